The first kappa shape index (κ1) is 16.5. The highest BCUT2D eigenvalue weighted by atomic mass is 79.9. The molecule has 0 radical (unpaired) electrons. The number of rotatable bonds is 3. The van der Waals surface area contributed by atoms with Crippen LogP contribution in [-0.4, -0.2) is 20.5 Å². The minimum atomic E-state index is -3.79. The van der Waals surface area contributed by atoms with Crippen molar-refractivity contribution < 1.29 is 8.42 Å². The minimum absolute atomic E-state index is 0.0845. The van der Waals surface area contributed by atoms with Crippen molar-refractivity contribution in [2.75, 3.05) is 0 Å². The molecule has 1 aromatic rings. The van der Waals surface area contributed by atoms with Gasteiger partial charge in [0.2, 0.25) is 10.0 Å². The van der Waals surface area contributed by atoms with E-state index in [2.05, 4.69) is 20.7 Å². The quantitative estimate of drug-likeness (QED) is 0.815. The summed E-state index contributed by atoms with van der Waals surface area (Å²) in [4.78, 5) is -0.0955. The summed E-state index contributed by atoms with van der Waals surface area (Å²) in [6.07, 6.45) is 3.53. The highest BCUT2D eigenvalue weighted by Crippen LogP contribution is 2.33. The summed E-state index contributed by atoms with van der Waals surface area (Å²) in [6.45, 7) is 0. The molecular formula is C12H15BrCl2N2O2S. The van der Waals surface area contributed by atoms with Crippen LogP contribution in [0.15, 0.2) is 21.5 Å². The Labute approximate surface area is 137 Å². The molecule has 1 aliphatic rings. The molecule has 0 bridgehead atoms. The largest absolute Gasteiger partial charge is 0.326 e. The molecule has 8 heteroatoms. The number of benzene rings is 1. The van der Waals surface area contributed by atoms with Gasteiger partial charge in [0, 0.05) is 16.6 Å². The number of sulfonamides is 1. The van der Waals surface area contributed by atoms with Gasteiger partial charge >= 0.3 is 0 Å². The van der Waals surface area contributed by atoms with Crippen LogP contribution in [0.4, 0.5) is 0 Å². The van der Waals surface area contributed by atoms with Gasteiger partial charge in [-0.2, -0.15) is 0 Å². The molecule has 3 N–H and O–H groups in total. The molecule has 0 saturated heterocycles. The Kier molecular flexibility index (Phi) is 5.37. The third-order valence-corrected chi connectivity index (χ3v) is 6.23. The molecule has 0 amide bonds. The maximum atomic E-state index is 12.4. The topological polar surface area (TPSA) is 72.2 Å². The lowest BCUT2D eigenvalue weighted by atomic mass is 9.92. The van der Waals surface area contributed by atoms with Crippen LogP contribution >= 0.6 is 39.1 Å². The van der Waals surface area contributed by atoms with Crippen LogP contribution < -0.4 is 10.5 Å². The Morgan fingerprint density at radius 2 is 1.75 bits per heavy atom. The van der Waals surface area contributed by atoms with Crippen molar-refractivity contribution in [3.63, 3.8) is 0 Å². The SMILES string of the molecule is NC1CCCCC1NS(=O)(=O)c1c(Cl)cc(Br)cc1Cl. The second-order valence-electron chi connectivity index (χ2n) is 4.87. The van der Waals surface area contributed by atoms with Gasteiger partial charge in [-0.3, -0.25) is 0 Å². The zero-order chi connectivity index (χ0) is 14.9. The highest BCUT2D eigenvalue weighted by Gasteiger charge is 2.29. The van der Waals surface area contributed by atoms with E-state index in [9.17, 15) is 8.42 Å². The van der Waals surface area contributed by atoms with Crippen LogP contribution in [0.25, 0.3) is 0 Å². The molecule has 1 fully saturated rings. The van der Waals surface area contributed by atoms with Gasteiger partial charge in [0.1, 0.15) is 4.90 Å². The summed E-state index contributed by atoms with van der Waals surface area (Å²) in [5, 5.41) is 0.169. The van der Waals surface area contributed by atoms with Crippen molar-refractivity contribution in [1.82, 2.24) is 4.72 Å². The fraction of sp³-hybridized carbons (Fsp3) is 0.500. The fourth-order valence-corrected chi connectivity index (χ4v) is 5.61. The molecule has 2 unspecified atom stereocenters. The van der Waals surface area contributed by atoms with E-state index in [1.54, 1.807) is 0 Å². The molecule has 1 saturated carbocycles. The number of nitrogens with one attached hydrogen (secondary N) is 1. The van der Waals surface area contributed by atoms with Crippen LogP contribution in [0.2, 0.25) is 10.0 Å². The van der Waals surface area contributed by atoms with E-state index in [1.807, 2.05) is 0 Å². The van der Waals surface area contributed by atoms with Crippen molar-refractivity contribution in [3.05, 3.63) is 26.7 Å². The Bertz CT molecular complexity index is 586. The molecular weight excluding hydrogens is 387 g/mol. The standard InChI is InChI=1S/C12H15BrCl2N2O2S/c13-7-5-8(14)12(9(15)6-7)20(18,19)17-11-4-2-1-3-10(11)16/h5-6,10-11,17H,1-4,16H2. The molecule has 0 heterocycles. The molecule has 0 aromatic heterocycles. The zero-order valence-electron chi connectivity index (χ0n) is 10.6. The first-order valence-corrected chi connectivity index (χ1v) is 9.27. The van der Waals surface area contributed by atoms with Crippen molar-refractivity contribution in [2.45, 2.75) is 42.7 Å². The molecule has 0 spiro atoms. The minimum Gasteiger partial charge on any atom is -0.326 e. The molecule has 2 rings (SSSR count). The van der Waals surface area contributed by atoms with Crippen LogP contribution in [-0.2, 0) is 10.0 Å². The third-order valence-electron chi connectivity index (χ3n) is 3.36. The smallest absolute Gasteiger partial charge is 0.243 e. The van der Waals surface area contributed by atoms with Gasteiger partial charge in [0.25, 0.3) is 0 Å². The van der Waals surface area contributed by atoms with E-state index < -0.39 is 10.0 Å². The molecule has 0 aliphatic heterocycles. The van der Waals surface area contributed by atoms with Crippen molar-refractivity contribution in [3.8, 4) is 0 Å². The predicted molar refractivity (Wildman–Crippen MR) is 84.7 cm³/mol. The Balaban J connectivity index is 2.31. The normalized spacial score (nSPS) is 23.8. The summed E-state index contributed by atoms with van der Waals surface area (Å²) in [6, 6.07) is 2.56. The van der Waals surface area contributed by atoms with Crippen molar-refractivity contribution in [1.29, 1.82) is 0 Å². The highest BCUT2D eigenvalue weighted by molar-refractivity contribution is 9.10. The third kappa shape index (κ3) is 3.67. The van der Waals surface area contributed by atoms with Gasteiger partial charge in [0.05, 0.1) is 10.0 Å². The van der Waals surface area contributed by atoms with E-state index >= 15 is 0 Å². The monoisotopic (exact) mass is 400 g/mol. The maximum absolute atomic E-state index is 12.4. The van der Waals surface area contributed by atoms with Crippen LogP contribution in [0.1, 0.15) is 25.7 Å². The van der Waals surface area contributed by atoms with Gasteiger partial charge in [0.15, 0.2) is 0 Å². The van der Waals surface area contributed by atoms with E-state index in [-0.39, 0.29) is 27.0 Å². The number of nitrogens with two attached hydrogens (primary N) is 1. The number of hydrogen-bond donors (Lipinski definition) is 2. The maximum Gasteiger partial charge on any atom is 0.243 e. The van der Waals surface area contributed by atoms with Crippen LogP contribution in [0.3, 0.4) is 0 Å². The first-order valence-electron chi connectivity index (χ1n) is 6.24. The molecule has 20 heavy (non-hydrogen) atoms. The van der Waals surface area contributed by atoms with Crippen LogP contribution in [0, 0.1) is 0 Å². The summed E-state index contributed by atoms with van der Waals surface area (Å²) in [5.74, 6) is 0. The Morgan fingerprint density at radius 1 is 1.20 bits per heavy atom. The van der Waals surface area contributed by atoms with E-state index in [0.717, 1.165) is 25.7 Å². The van der Waals surface area contributed by atoms with Crippen LogP contribution in [0.5, 0.6) is 0 Å². The summed E-state index contributed by atoms with van der Waals surface area (Å²) < 4.78 is 28.1. The lowest BCUT2D eigenvalue weighted by Crippen LogP contribution is -2.49. The fourth-order valence-electron chi connectivity index (χ4n) is 2.35. The van der Waals surface area contributed by atoms with Gasteiger partial charge in [-0.05, 0) is 25.0 Å². The summed E-state index contributed by atoms with van der Waals surface area (Å²) in [7, 11) is -3.79. The number of hydrogen-bond acceptors (Lipinski definition) is 3. The summed E-state index contributed by atoms with van der Waals surface area (Å²) >= 11 is 15.2. The Morgan fingerprint density at radius 3 is 2.30 bits per heavy atom. The van der Waals surface area contributed by atoms with Gasteiger partial charge in [-0.25, -0.2) is 13.1 Å². The van der Waals surface area contributed by atoms with Gasteiger partial charge in [-0.15, -0.1) is 0 Å². The average molecular weight is 402 g/mol. The zero-order valence-corrected chi connectivity index (χ0v) is 14.5. The van der Waals surface area contributed by atoms with Crippen molar-refractivity contribution in [2.24, 2.45) is 5.73 Å². The lowest BCUT2D eigenvalue weighted by Gasteiger charge is -2.29. The van der Waals surface area contributed by atoms with E-state index in [4.69, 9.17) is 28.9 Å². The molecule has 2 atom stereocenters. The van der Waals surface area contributed by atoms with Gasteiger partial charge < -0.3 is 5.73 Å². The molecule has 1 aromatic carbocycles. The Hall–Kier alpha value is 0.150. The second kappa shape index (κ2) is 6.50. The lowest BCUT2D eigenvalue weighted by molar-refractivity contribution is 0.361. The predicted octanol–water partition coefficient (Wildman–Crippen LogP) is 3.30. The summed E-state index contributed by atoms with van der Waals surface area (Å²) in [5.41, 5.74) is 5.96. The van der Waals surface area contributed by atoms with Crippen molar-refractivity contribution >= 4 is 49.2 Å². The molecule has 1 aliphatic carbocycles. The van der Waals surface area contributed by atoms with E-state index in [0.29, 0.717) is 4.47 Å². The second-order valence-corrected chi connectivity index (χ2v) is 8.26. The molecule has 112 valence electrons. The average Bonchev–Trinajstić information content (AvgIpc) is 2.30. The number of halogens is 3. The first-order chi connectivity index (χ1) is 9.31. The van der Waals surface area contributed by atoms with Gasteiger partial charge in [-0.1, -0.05) is 52.0 Å². The molecule has 4 nitrogen and oxygen atoms in total. The van der Waals surface area contributed by atoms with E-state index in [1.165, 1.54) is 12.1 Å².